The number of hydrogen-bond acceptors (Lipinski definition) is 6. The average molecular weight is 303 g/mol. The molecule has 114 valence electrons. The van der Waals surface area contributed by atoms with Gasteiger partial charge in [-0.25, -0.2) is 8.42 Å². The number of rotatable bonds is 8. The van der Waals surface area contributed by atoms with E-state index < -0.39 is 15.9 Å². The number of ether oxygens (including phenoxy) is 3. The van der Waals surface area contributed by atoms with Crippen molar-refractivity contribution >= 4 is 9.84 Å². The van der Waals surface area contributed by atoms with Crippen molar-refractivity contribution in [3.8, 4) is 11.5 Å². The smallest absolute Gasteiger partial charge is 0.154 e. The largest absolute Gasteiger partial charge is 0.497 e. The van der Waals surface area contributed by atoms with Crippen LogP contribution in [0.15, 0.2) is 18.2 Å². The van der Waals surface area contributed by atoms with Gasteiger partial charge in [0.25, 0.3) is 0 Å². The van der Waals surface area contributed by atoms with Gasteiger partial charge >= 0.3 is 0 Å². The monoisotopic (exact) mass is 303 g/mol. The summed E-state index contributed by atoms with van der Waals surface area (Å²) < 4.78 is 38.8. The minimum absolute atomic E-state index is 0.0460. The third kappa shape index (κ3) is 4.66. The standard InChI is InChI=1S/C13H21NO5S/c1-17-6-7-20(15,16)9-12(14)11-5-4-10(18-2)8-13(11)19-3/h4-5,8,12H,6-7,9,14H2,1-3H3. The van der Waals surface area contributed by atoms with Crippen LogP contribution in [-0.2, 0) is 14.6 Å². The number of hydrogen-bond donors (Lipinski definition) is 1. The fraction of sp³-hybridized carbons (Fsp3) is 0.538. The van der Waals surface area contributed by atoms with Gasteiger partial charge in [-0.1, -0.05) is 6.07 Å². The molecule has 0 saturated carbocycles. The zero-order valence-electron chi connectivity index (χ0n) is 12.0. The van der Waals surface area contributed by atoms with Gasteiger partial charge in [-0.15, -0.1) is 0 Å². The first-order valence-electron chi connectivity index (χ1n) is 6.10. The molecule has 0 aromatic heterocycles. The van der Waals surface area contributed by atoms with E-state index in [1.165, 1.54) is 14.2 Å². The first-order valence-corrected chi connectivity index (χ1v) is 7.92. The summed E-state index contributed by atoms with van der Waals surface area (Å²) in [5.41, 5.74) is 6.61. The molecule has 0 fully saturated rings. The third-order valence-electron chi connectivity index (χ3n) is 2.87. The highest BCUT2D eigenvalue weighted by Gasteiger charge is 2.20. The summed E-state index contributed by atoms with van der Waals surface area (Å²) in [6.07, 6.45) is 0. The van der Waals surface area contributed by atoms with Gasteiger partial charge in [0.05, 0.1) is 32.3 Å². The maximum atomic E-state index is 11.9. The Morgan fingerprint density at radius 2 is 1.90 bits per heavy atom. The fourth-order valence-electron chi connectivity index (χ4n) is 1.78. The van der Waals surface area contributed by atoms with Crippen molar-refractivity contribution < 1.29 is 22.6 Å². The fourth-order valence-corrected chi connectivity index (χ4v) is 3.10. The molecule has 2 N–H and O–H groups in total. The zero-order valence-corrected chi connectivity index (χ0v) is 12.8. The first-order chi connectivity index (χ1) is 9.43. The van der Waals surface area contributed by atoms with Gasteiger partial charge in [0.2, 0.25) is 0 Å². The molecule has 1 atom stereocenters. The quantitative estimate of drug-likeness (QED) is 0.763. The number of benzene rings is 1. The Kier molecular flexibility index (Phi) is 6.25. The molecule has 0 saturated heterocycles. The summed E-state index contributed by atoms with van der Waals surface area (Å²) in [4.78, 5) is 0. The topological polar surface area (TPSA) is 87.9 Å². The van der Waals surface area contributed by atoms with E-state index in [0.29, 0.717) is 17.1 Å². The average Bonchev–Trinajstić information content (AvgIpc) is 2.43. The Labute approximate surface area is 119 Å². The molecule has 1 aromatic carbocycles. The predicted octanol–water partition coefficient (Wildman–Crippen LogP) is 0.765. The Balaban J connectivity index is 2.89. The molecule has 0 aliphatic carbocycles. The minimum Gasteiger partial charge on any atom is -0.497 e. The summed E-state index contributed by atoms with van der Waals surface area (Å²) in [7, 11) is 1.24. The molecule has 7 heteroatoms. The van der Waals surface area contributed by atoms with Gasteiger partial charge in [-0.2, -0.15) is 0 Å². The Morgan fingerprint density at radius 3 is 2.45 bits per heavy atom. The van der Waals surface area contributed by atoms with Crippen molar-refractivity contribution in [2.45, 2.75) is 6.04 Å². The summed E-state index contributed by atoms with van der Waals surface area (Å²) in [5, 5.41) is 0. The van der Waals surface area contributed by atoms with Gasteiger partial charge in [-0.05, 0) is 6.07 Å². The molecular weight excluding hydrogens is 282 g/mol. The number of sulfone groups is 1. The van der Waals surface area contributed by atoms with Crippen LogP contribution in [0.4, 0.5) is 0 Å². The lowest BCUT2D eigenvalue weighted by molar-refractivity contribution is 0.217. The lowest BCUT2D eigenvalue weighted by Crippen LogP contribution is -2.25. The Morgan fingerprint density at radius 1 is 1.20 bits per heavy atom. The van der Waals surface area contributed by atoms with Gasteiger partial charge in [0.1, 0.15) is 11.5 Å². The molecule has 0 spiro atoms. The van der Waals surface area contributed by atoms with E-state index in [0.717, 1.165) is 0 Å². The summed E-state index contributed by atoms with van der Waals surface area (Å²) in [6.45, 7) is 0.162. The molecule has 1 rings (SSSR count). The molecule has 0 heterocycles. The molecular formula is C13H21NO5S. The van der Waals surface area contributed by atoms with Crippen molar-refractivity contribution in [1.82, 2.24) is 0 Å². The molecule has 1 unspecified atom stereocenters. The van der Waals surface area contributed by atoms with Crippen LogP contribution in [0.5, 0.6) is 11.5 Å². The molecule has 6 nitrogen and oxygen atoms in total. The second-order valence-electron chi connectivity index (χ2n) is 4.32. The van der Waals surface area contributed by atoms with E-state index in [9.17, 15) is 8.42 Å². The van der Waals surface area contributed by atoms with Gasteiger partial charge in [0, 0.05) is 24.8 Å². The molecule has 0 bridgehead atoms. The zero-order chi connectivity index (χ0) is 15.2. The maximum Gasteiger partial charge on any atom is 0.154 e. The van der Waals surface area contributed by atoms with E-state index in [1.54, 1.807) is 25.3 Å². The second-order valence-corrected chi connectivity index (χ2v) is 6.55. The summed E-state index contributed by atoms with van der Waals surface area (Å²) >= 11 is 0. The Hall–Kier alpha value is -1.31. The highest BCUT2D eigenvalue weighted by Crippen LogP contribution is 2.29. The summed E-state index contributed by atoms with van der Waals surface area (Å²) in [6, 6.07) is 4.46. The molecule has 1 aromatic rings. The lowest BCUT2D eigenvalue weighted by Gasteiger charge is -2.16. The third-order valence-corrected chi connectivity index (χ3v) is 4.53. The van der Waals surface area contributed by atoms with E-state index >= 15 is 0 Å². The van der Waals surface area contributed by atoms with Crippen LogP contribution in [0.1, 0.15) is 11.6 Å². The van der Waals surface area contributed by atoms with Crippen molar-refractivity contribution in [2.24, 2.45) is 5.73 Å². The van der Waals surface area contributed by atoms with E-state index in [-0.39, 0.29) is 18.1 Å². The molecule has 0 amide bonds. The second kappa shape index (κ2) is 7.47. The van der Waals surface area contributed by atoms with E-state index in [4.69, 9.17) is 19.9 Å². The number of nitrogens with two attached hydrogens (primary N) is 1. The maximum absolute atomic E-state index is 11.9. The van der Waals surface area contributed by atoms with Crippen molar-refractivity contribution in [1.29, 1.82) is 0 Å². The highest BCUT2D eigenvalue weighted by molar-refractivity contribution is 7.91. The van der Waals surface area contributed by atoms with Crippen LogP contribution >= 0.6 is 0 Å². The highest BCUT2D eigenvalue weighted by atomic mass is 32.2. The van der Waals surface area contributed by atoms with Crippen LogP contribution in [0, 0.1) is 0 Å². The van der Waals surface area contributed by atoms with E-state index in [2.05, 4.69) is 0 Å². The number of methoxy groups -OCH3 is 3. The van der Waals surface area contributed by atoms with Crippen LogP contribution in [0.3, 0.4) is 0 Å². The normalized spacial score (nSPS) is 13.0. The SMILES string of the molecule is COCCS(=O)(=O)CC(N)c1ccc(OC)cc1OC. The predicted molar refractivity (Wildman–Crippen MR) is 77.0 cm³/mol. The van der Waals surface area contributed by atoms with E-state index in [1.807, 2.05) is 0 Å². The molecule has 0 radical (unpaired) electrons. The van der Waals surface area contributed by atoms with Crippen molar-refractivity contribution in [2.75, 3.05) is 39.4 Å². The minimum atomic E-state index is -3.27. The molecule has 0 aliphatic heterocycles. The summed E-state index contributed by atoms with van der Waals surface area (Å²) in [5.74, 6) is 0.938. The van der Waals surface area contributed by atoms with Gasteiger partial charge < -0.3 is 19.9 Å². The van der Waals surface area contributed by atoms with Crippen LogP contribution in [0.2, 0.25) is 0 Å². The van der Waals surface area contributed by atoms with Gasteiger partial charge in [-0.3, -0.25) is 0 Å². The Bertz CT molecular complexity index is 530. The van der Waals surface area contributed by atoms with Crippen LogP contribution in [-0.4, -0.2) is 47.9 Å². The molecule has 20 heavy (non-hydrogen) atoms. The molecule has 0 aliphatic rings. The van der Waals surface area contributed by atoms with Gasteiger partial charge in [0.15, 0.2) is 9.84 Å². The first kappa shape index (κ1) is 16.7. The lowest BCUT2D eigenvalue weighted by atomic mass is 10.1. The van der Waals surface area contributed by atoms with Crippen molar-refractivity contribution in [3.63, 3.8) is 0 Å². The van der Waals surface area contributed by atoms with Crippen LogP contribution in [0.25, 0.3) is 0 Å². The van der Waals surface area contributed by atoms with Crippen LogP contribution < -0.4 is 15.2 Å². The van der Waals surface area contributed by atoms with Crippen molar-refractivity contribution in [3.05, 3.63) is 23.8 Å².